The molecule has 2 atom stereocenters. The number of rotatable bonds is 2. The topological polar surface area (TPSA) is 73.4 Å². The summed E-state index contributed by atoms with van der Waals surface area (Å²) in [6.45, 7) is 1.86. The summed E-state index contributed by atoms with van der Waals surface area (Å²) in [4.78, 5) is 28.3. The van der Waals surface area contributed by atoms with E-state index in [-0.39, 0.29) is 11.3 Å². The number of fused-ring (bicyclic) bond motifs is 1. The summed E-state index contributed by atoms with van der Waals surface area (Å²) in [5.74, 6) is -0.778. The summed E-state index contributed by atoms with van der Waals surface area (Å²) in [7, 11) is 0. The number of thioether (sulfide) groups is 1. The van der Waals surface area contributed by atoms with Crippen molar-refractivity contribution < 1.29 is 14.7 Å². The van der Waals surface area contributed by atoms with E-state index >= 15 is 0 Å². The first kappa shape index (κ1) is 13.1. The first-order valence-corrected chi connectivity index (χ1v) is 7.37. The van der Waals surface area contributed by atoms with Crippen LogP contribution in [0.5, 0.6) is 0 Å². The van der Waals surface area contributed by atoms with Gasteiger partial charge in [0, 0.05) is 16.7 Å². The Bertz CT molecular complexity index is 649. The number of hydrogen-bond acceptors (Lipinski definition) is 3. The van der Waals surface area contributed by atoms with Crippen molar-refractivity contribution in [3.63, 3.8) is 0 Å². The zero-order valence-electron chi connectivity index (χ0n) is 10.9. The third kappa shape index (κ3) is 2.06. The van der Waals surface area contributed by atoms with Crippen molar-refractivity contribution in [1.29, 1.82) is 0 Å². The Hall–Kier alpha value is -1.95. The predicted molar refractivity (Wildman–Crippen MR) is 77.8 cm³/mol. The van der Waals surface area contributed by atoms with Crippen LogP contribution in [-0.4, -0.2) is 44.0 Å². The van der Waals surface area contributed by atoms with Crippen molar-refractivity contribution in [1.82, 2.24) is 9.88 Å². The monoisotopic (exact) mass is 290 g/mol. The van der Waals surface area contributed by atoms with Gasteiger partial charge in [-0.2, -0.15) is 0 Å². The van der Waals surface area contributed by atoms with Gasteiger partial charge in [-0.3, -0.25) is 4.79 Å². The van der Waals surface area contributed by atoms with E-state index in [2.05, 4.69) is 4.98 Å². The molecular formula is C14H14N2O3S. The number of aromatic amines is 1. The number of carbonyl (C=O) groups is 2. The fourth-order valence-corrected chi connectivity index (χ4v) is 3.64. The SMILES string of the molecule is CC1SCC(C(=O)O)N1C(=O)c1cc2ccccc2[nH]1. The maximum atomic E-state index is 12.6. The van der Waals surface area contributed by atoms with Crippen LogP contribution >= 0.6 is 11.8 Å². The minimum absolute atomic E-state index is 0.130. The normalized spacial score (nSPS) is 22.4. The molecule has 6 heteroatoms. The molecule has 0 radical (unpaired) electrons. The zero-order chi connectivity index (χ0) is 14.3. The number of nitrogens with zero attached hydrogens (tertiary/aromatic N) is 1. The number of benzene rings is 1. The van der Waals surface area contributed by atoms with Crippen molar-refractivity contribution in [2.75, 3.05) is 5.75 Å². The van der Waals surface area contributed by atoms with Crippen LogP contribution in [0, 0.1) is 0 Å². The number of carbonyl (C=O) groups excluding carboxylic acids is 1. The number of H-pyrrole nitrogens is 1. The van der Waals surface area contributed by atoms with Crippen LogP contribution in [0.2, 0.25) is 0 Å². The van der Waals surface area contributed by atoms with Gasteiger partial charge in [0.1, 0.15) is 11.7 Å². The lowest BCUT2D eigenvalue weighted by Gasteiger charge is -2.24. The number of hydrogen-bond donors (Lipinski definition) is 2. The maximum Gasteiger partial charge on any atom is 0.327 e. The number of aliphatic carboxylic acids is 1. The average Bonchev–Trinajstić information content (AvgIpc) is 3.01. The van der Waals surface area contributed by atoms with Crippen molar-refractivity contribution in [3.05, 3.63) is 36.0 Å². The van der Waals surface area contributed by atoms with Crippen LogP contribution in [0.15, 0.2) is 30.3 Å². The largest absolute Gasteiger partial charge is 0.480 e. The lowest BCUT2D eigenvalue weighted by molar-refractivity contribution is -0.141. The minimum Gasteiger partial charge on any atom is -0.480 e. The van der Waals surface area contributed by atoms with Gasteiger partial charge >= 0.3 is 5.97 Å². The van der Waals surface area contributed by atoms with Gasteiger partial charge in [0.15, 0.2) is 0 Å². The second kappa shape index (κ2) is 4.86. The number of carboxylic acid groups (broad SMARTS) is 1. The van der Waals surface area contributed by atoms with E-state index < -0.39 is 12.0 Å². The van der Waals surface area contributed by atoms with E-state index in [0.717, 1.165) is 10.9 Å². The molecule has 1 amide bonds. The summed E-state index contributed by atoms with van der Waals surface area (Å²) in [5.41, 5.74) is 1.31. The fourth-order valence-electron chi connectivity index (χ4n) is 2.47. The number of para-hydroxylation sites is 1. The first-order chi connectivity index (χ1) is 9.58. The Balaban J connectivity index is 1.96. The predicted octanol–water partition coefficient (Wildman–Crippen LogP) is 2.16. The smallest absolute Gasteiger partial charge is 0.327 e. The van der Waals surface area contributed by atoms with Gasteiger partial charge in [0.05, 0.1) is 5.37 Å². The molecule has 0 saturated carbocycles. The van der Waals surface area contributed by atoms with Crippen molar-refractivity contribution >= 4 is 34.5 Å². The average molecular weight is 290 g/mol. The van der Waals surface area contributed by atoms with Gasteiger partial charge in [-0.25, -0.2) is 4.79 Å². The van der Waals surface area contributed by atoms with E-state index in [0.29, 0.717) is 11.4 Å². The van der Waals surface area contributed by atoms with Crippen LogP contribution in [0.4, 0.5) is 0 Å². The highest BCUT2D eigenvalue weighted by atomic mass is 32.2. The van der Waals surface area contributed by atoms with Crippen LogP contribution in [0.25, 0.3) is 10.9 Å². The number of amides is 1. The Morgan fingerprint density at radius 2 is 2.15 bits per heavy atom. The van der Waals surface area contributed by atoms with Gasteiger partial charge in [-0.05, 0) is 19.1 Å². The van der Waals surface area contributed by atoms with Gasteiger partial charge in [-0.15, -0.1) is 11.8 Å². The molecule has 2 unspecified atom stereocenters. The molecule has 1 aliphatic heterocycles. The quantitative estimate of drug-likeness (QED) is 0.889. The van der Waals surface area contributed by atoms with Gasteiger partial charge in [0.2, 0.25) is 0 Å². The number of carboxylic acids is 1. The maximum absolute atomic E-state index is 12.6. The number of nitrogens with one attached hydrogen (secondary N) is 1. The first-order valence-electron chi connectivity index (χ1n) is 6.33. The van der Waals surface area contributed by atoms with E-state index in [4.69, 9.17) is 0 Å². The molecule has 2 heterocycles. The third-order valence-electron chi connectivity index (χ3n) is 3.50. The third-order valence-corrected chi connectivity index (χ3v) is 4.72. The summed E-state index contributed by atoms with van der Waals surface area (Å²) in [6.07, 6.45) is 0. The Morgan fingerprint density at radius 3 is 2.85 bits per heavy atom. The Labute approximate surface area is 120 Å². The molecule has 1 saturated heterocycles. The molecule has 0 bridgehead atoms. The summed E-state index contributed by atoms with van der Waals surface area (Å²) in [6, 6.07) is 8.61. The van der Waals surface area contributed by atoms with Crippen molar-refractivity contribution in [2.24, 2.45) is 0 Å². The summed E-state index contributed by atoms with van der Waals surface area (Å²) in [5, 5.41) is 10.0. The van der Waals surface area contributed by atoms with Crippen molar-refractivity contribution in [2.45, 2.75) is 18.3 Å². The molecule has 2 N–H and O–H groups in total. The number of aromatic nitrogens is 1. The molecule has 1 aromatic heterocycles. The van der Waals surface area contributed by atoms with E-state index in [1.807, 2.05) is 31.2 Å². The molecule has 5 nitrogen and oxygen atoms in total. The van der Waals surface area contributed by atoms with Gasteiger partial charge < -0.3 is 15.0 Å². The molecule has 0 spiro atoms. The molecule has 1 aromatic carbocycles. The van der Waals surface area contributed by atoms with Crippen LogP contribution in [-0.2, 0) is 4.79 Å². The highest BCUT2D eigenvalue weighted by molar-refractivity contribution is 8.00. The second-order valence-corrected chi connectivity index (χ2v) is 6.12. The molecule has 20 heavy (non-hydrogen) atoms. The Morgan fingerprint density at radius 1 is 1.40 bits per heavy atom. The molecular weight excluding hydrogens is 276 g/mol. The summed E-state index contributed by atoms with van der Waals surface area (Å²) >= 11 is 1.48. The Kier molecular flexibility index (Phi) is 3.17. The van der Waals surface area contributed by atoms with Crippen LogP contribution < -0.4 is 0 Å². The van der Waals surface area contributed by atoms with Gasteiger partial charge in [0.25, 0.3) is 5.91 Å². The minimum atomic E-state index is -0.952. The van der Waals surface area contributed by atoms with Gasteiger partial charge in [-0.1, -0.05) is 18.2 Å². The molecule has 3 rings (SSSR count). The van der Waals surface area contributed by atoms with E-state index in [1.165, 1.54) is 16.7 Å². The fraction of sp³-hybridized carbons (Fsp3) is 0.286. The van der Waals surface area contributed by atoms with Crippen LogP contribution in [0.3, 0.4) is 0 Å². The standard InChI is InChI=1S/C14H14N2O3S/c1-8-16(12(7-20-8)14(18)19)13(17)11-6-9-4-2-3-5-10(9)15-11/h2-6,8,12,15H,7H2,1H3,(H,18,19). The molecule has 2 aromatic rings. The van der Waals surface area contributed by atoms with E-state index in [9.17, 15) is 14.7 Å². The zero-order valence-corrected chi connectivity index (χ0v) is 11.7. The van der Waals surface area contributed by atoms with Crippen molar-refractivity contribution in [3.8, 4) is 0 Å². The highest BCUT2D eigenvalue weighted by Gasteiger charge is 2.40. The van der Waals surface area contributed by atoms with Crippen LogP contribution in [0.1, 0.15) is 17.4 Å². The molecule has 1 aliphatic rings. The lowest BCUT2D eigenvalue weighted by atomic mass is 10.2. The van der Waals surface area contributed by atoms with E-state index in [1.54, 1.807) is 6.07 Å². The highest BCUT2D eigenvalue weighted by Crippen LogP contribution is 2.30. The molecule has 1 fully saturated rings. The summed E-state index contributed by atoms with van der Waals surface area (Å²) < 4.78 is 0. The lowest BCUT2D eigenvalue weighted by Crippen LogP contribution is -2.44. The molecule has 104 valence electrons. The second-order valence-electron chi connectivity index (χ2n) is 4.77. The molecule has 0 aliphatic carbocycles.